The molecule has 0 aliphatic carbocycles. The first-order valence-corrected chi connectivity index (χ1v) is 10.8. The highest BCUT2D eigenvalue weighted by Crippen LogP contribution is 2.35. The summed E-state index contributed by atoms with van der Waals surface area (Å²) < 4.78 is 5.73. The van der Waals surface area contributed by atoms with Gasteiger partial charge in [0, 0.05) is 16.2 Å². The van der Waals surface area contributed by atoms with E-state index in [0.29, 0.717) is 11.3 Å². The van der Waals surface area contributed by atoms with E-state index >= 15 is 0 Å². The summed E-state index contributed by atoms with van der Waals surface area (Å²) in [4.78, 5) is 25.9. The van der Waals surface area contributed by atoms with Crippen LogP contribution in [0.4, 0.5) is 0 Å². The fraction of sp³-hybridized carbons (Fsp3) is 0.167. The molecule has 0 fully saturated rings. The molecule has 3 aromatic carbocycles. The summed E-state index contributed by atoms with van der Waals surface area (Å²) in [6, 6.07) is 24.4. The summed E-state index contributed by atoms with van der Waals surface area (Å²) in [5.74, 6) is 1.85. The summed E-state index contributed by atoms with van der Waals surface area (Å²) in [5.41, 5.74) is 1.62. The molecule has 0 unspecified atom stereocenters. The number of para-hydroxylation sites is 1. The largest absolute Gasteiger partial charge is 0.457 e. The van der Waals surface area contributed by atoms with Gasteiger partial charge in [0.15, 0.2) is 0 Å². The van der Waals surface area contributed by atoms with Gasteiger partial charge in [0.05, 0.1) is 12.6 Å². The molecule has 0 radical (unpaired) electrons. The second-order valence-corrected chi connectivity index (χ2v) is 8.05. The second-order valence-electron chi connectivity index (χ2n) is 6.92. The third-order valence-electron chi connectivity index (χ3n) is 4.80. The van der Waals surface area contributed by atoms with Crippen LogP contribution in [0.15, 0.2) is 83.8 Å². The molecule has 0 bridgehead atoms. The standard InChI is InChI=1S/C24H22N2O3S/c27-23(26-21-14-15-30-22-9-5-4-8-20(21)22)16-25-24(28)17-10-12-19(13-11-17)29-18-6-2-1-3-7-18/h1-13,21H,14-16H2,(H,25,28)(H,26,27)/t21-/m0/s1. The molecule has 2 N–H and O–H groups in total. The van der Waals surface area contributed by atoms with Gasteiger partial charge in [0.25, 0.3) is 5.91 Å². The van der Waals surface area contributed by atoms with Crippen LogP contribution in [0.3, 0.4) is 0 Å². The van der Waals surface area contributed by atoms with Gasteiger partial charge in [-0.2, -0.15) is 0 Å². The van der Waals surface area contributed by atoms with Gasteiger partial charge >= 0.3 is 0 Å². The molecule has 5 nitrogen and oxygen atoms in total. The SMILES string of the molecule is O=C(CNC(=O)c1ccc(Oc2ccccc2)cc1)N[C@H]1CCSc2ccccc21. The quantitative estimate of drug-likeness (QED) is 0.616. The van der Waals surface area contributed by atoms with Gasteiger partial charge in [-0.15, -0.1) is 11.8 Å². The number of thioether (sulfide) groups is 1. The van der Waals surface area contributed by atoms with Crippen LogP contribution in [-0.4, -0.2) is 24.1 Å². The molecule has 2 amide bonds. The third-order valence-corrected chi connectivity index (χ3v) is 5.92. The lowest BCUT2D eigenvalue weighted by Gasteiger charge is -2.25. The van der Waals surface area contributed by atoms with Crippen molar-refractivity contribution in [1.29, 1.82) is 0 Å². The smallest absolute Gasteiger partial charge is 0.251 e. The number of hydrogen-bond donors (Lipinski definition) is 2. The predicted molar refractivity (Wildman–Crippen MR) is 118 cm³/mol. The molecule has 1 atom stereocenters. The Morgan fingerprint density at radius 3 is 2.40 bits per heavy atom. The number of nitrogens with one attached hydrogen (secondary N) is 2. The lowest BCUT2D eigenvalue weighted by atomic mass is 10.0. The normalized spacial score (nSPS) is 15.0. The summed E-state index contributed by atoms with van der Waals surface area (Å²) in [6.45, 7) is -0.0626. The molecule has 152 valence electrons. The monoisotopic (exact) mass is 418 g/mol. The minimum absolute atomic E-state index is 0.0127. The Balaban J connectivity index is 1.29. The number of ether oxygens (including phenoxy) is 1. The van der Waals surface area contributed by atoms with Gasteiger partial charge in [0.1, 0.15) is 11.5 Å². The number of rotatable bonds is 6. The van der Waals surface area contributed by atoms with Crippen LogP contribution < -0.4 is 15.4 Å². The Bertz CT molecular complexity index is 1020. The van der Waals surface area contributed by atoms with E-state index in [1.54, 1.807) is 36.0 Å². The number of amides is 2. The maximum absolute atomic E-state index is 12.4. The zero-order valence-electron chi connectivity index (χ0n) is 16.3. The first-order valence-electron chi connectivity index (χ1n) is 9.81. The van der Waals surface area contributed by atoms with Crippen molar-refractivity contribution in [2.75, 3.05) is 12.3 Å². The van der Waals surface area contributed by atoms with Crippen LogP contribution in [0.5, 0.6) is 11.5 Å². The zero-order chi connectivity index (χ0) is 20.8. The minimum atomic E-state index is -0.295. The highest BCUT2D eigenvalue weighted by atomic mass is 32.2. The summed E-state index contributed by atoms with van der Waals surface area (Å²) in [5, 5.41) is 5.72. The minimum Gasteiger partial charge on any atom is -0.457 e. The van der Waals surface area contributed by atoms with E-state index in [-0.39, 0.29) is 24.4 Å². The molecule has 3 aromatic rings. The molecular formula is C24H22N2O3S. The Morgan fingerprint density at radius 1 is 0.900 bits per heavy atom. The first kappa shape index (κ1) is 20.0. The summed E-state index contributed by atoms with van der Waals surface area (Å²) in [6.07, 6.45) is 0.879. The highest BCUT2D eigenvalue weighted by Gasteiger charge is 2.22. The molecule has 30 heavy (non-hydrogen) atoms. The molecular weight excluding hydrogens is 396 g/mol. The highest BCUT2D eigenvalue weighted by molar-refractivity contribution is 7.99. The van der Waals surface area contributed by atoms with Crippen molar-refractivity contribution in [3.8, 4) is 11.5 Å². The van der Waals surface area contributed by atoms with Crippen LogP contribution in [-0.2, 0) is 4.79 Å². The summed E-state index contributed by atoms with van der Waals surface area (Å²) >= 11 is 1.81. The van der Waals surface area contributed by atoms with E-state index in [9.17, 15) is 9.59 Å². The van der Waals surface area contributed by atoms with Gasteiger partial charge < -0.3 is 15.4 Å². The van der Waals surface area contributed by atoms with Crippen LogP contribution in [0.2, 0.25) is 0 Å². The topological polar surface area (TPSA) is 67.4 Å². The van der Waals surface area contributed by atoms with E-state index in [1.165, 1.54) is 4.90 Å². The maximum Gasteiger partial charge on any atom is 0.251 e. The zero-order valence-corrected chi connectivity index (χ0v) is 17.2. The van der Waals surface area contributed by atoms with E-state index in [4.69, 9.17) is 4.74 Å². The number of hydrogen-bond acceptors (Lipinski definition) is 4. The Hall–Kier alpha value is -3.25. The average Bonchev–Trinajstić information content (AvgIpc) is 2.79. The predicted octanol–water partition coefficient (Wildman–Crippen LogP) is 4.56. The van der Waals surface area contributed by atoms with E-state index in [1.807, 2.05) is 48.5 Å². The van der Waals surface area contributed by atoms with Gasteiger partial charge in [0.2, 0.25) is 5.91 Å². The van der Waals surface area contributed by atoms with Crippen LogP contribution >= 0.6 is 11.8 Å². The van der Waals surface area contributed by atoms with E-state index in [0.717, 1.165) is 23.5 Å². The van der Waals surface area contributed by atoms with Crippen molar-refractivity contribution in [3.63, 3.8) is 0 Å². The van der Waals surface area contributed by atoms with Gasteiger partial charge in [-0.25, -0.2) is 0 Å². The van der Waals surface area contributed by atoms with Crippen molar-refractivity contribution in [2.45, 2.75) is 17.4 Å². The second kappa shape index (κ2) is 9.50. The molecule has 0 saturated heterocycles. The number of carbonyl (C=O) groups excluding carboxylic acids is 2. The molecule has 0 spiro atoms. The fourth-order valence-electron chi connectivity index (χ4n) is 3.30. The van der Waals surface area contributed by atoms with Crippen molar-refractivity contribution < 1.29 is 14.3 Å². The lowest BCUT2D eigenvalue weighted by Crippen LogP contribution is -2.39. The fourth-order valence-corrected chi connectivity index (χ4v) is 4.42. The van der Waals surface area contributed by atoms with Crippen molar-refractivity contribution in [2.24, 2.45) is 0 Å². The van der Waals surface area contributed by atoms with Crippen molar-refractivity contribution >= 4 is 23.6 Å². The molecule has 4 rings (SSSR count). The molecule has 0 saturated carbocycles. The van der Waals surface area contributed by atoms with Crippen molar-refractivity contribution in [1.82, 2.24) is 10.6 Å². The van der Waals surface area contributed by atoms with Crippen LogP contribution in [0, 0.1) is 0 Å². The Kier molecular flexibility index (Phi) is 6.35. The third kappa shape index (κ3) is 5.02. The van der Waals surface area contributed by atoms with E-state index < -0.39 is 0 Å². The number of carbonyl (C=O) groups is 2. The Labute approximate surface area is 179 Å². The number of fused-ring (bicyclic) bond motifs is 1. The molecule has 1 aliphatic rings. The molecule has 1 heterocycles. The van der Waals surface area contributed by atoms with Gasteiger partial charge in [-0.05, 0) is 54.4 Å². The van der Waals surface area contributed by atoms with Gasteiger partial charge in [-0.3, -0.25) is 9.59 Å². The van der Waals surface area contributed by atoms with Gasteiger partial charge in [-0.1, -0.05) is 36.4 Å². The molecule has 1 aliphatic heterocycles. The van der Waals surface area contributed by atoms with E-state index in [2.05, 4.69) is 16.7 Å². The Morgan fingerprint density at radius 2 is 1.60 bits per heavy atom. The van der Waals surface area contributed by atoms with Crippen LogP contribution in [0.1, 0.15) is 28.4 Å². The first-order chi connectivity index (χ1) is 14.7. The molecule has 6 heteroatoms. The average molecular weight is 419 g/mol. The maximum atomic E-state index is 12.4. The summed E-state index contributed by atoms with van der Waals surface area (Å²) in [7, 11) is 0. The van der Waals surface area contributed by atoms with Crippen LogP contribution in [0.25, 0.3) is 0 Å². The molecule has 0 aromatic heterocycles. The number of benzene rings is 3. The van der Waals surface area contributed by atoms with Crippen molar-refractivity contribution in [3.05, 3.63) is 90.0 Å². The lowest BCUT2D eigenvalue weighted by molar-refractivity contribution is -0.120.